The standard InChI is InChI=1S/C23H14ClF3N4O/c24-15-5-1-3-13(9-15)20-11-19(21-18-12-29-22(32)17(18)7-8-28-21)30-31(20)16-6-2-4-14(10-16)23(25,26)27/h1-11H,12H2,(H,29,32). The third-order valence-electron chi connectivity index (χ3n) is 5.22. The second kappa shape index (κ2) is 7.49. The highest BCUT2D eigenvalue weighted by atomic mass is 35.5. The first kappa shape index (κ1) is 20.3. The van der Waals surface area contributed by atoms with Crippen LogP contribution in [-0.4, -0.2) is 20.7 Å². The minimum Gasteiger partial charge on any atom is -0.348 e. The number of benzene rings is 2. The summed E-state index contributed by atoms with van der Waals surface area (Å²) < 4.78 is 41.4. The molecule has 0 atom stereocenters. The lowest BCUT2D eigenvalue weighted by atomic mass is 10.1. The van der Waals surface area contributed by atoms with E-state index >= 15 is 0 Å². The fourth-order valence-electron chi connectivity index (χ4n) is 3.73. The number of hydrogen-bond donors (Lipinski definition) is 1. The molecular weight excluding hydrogens is 441 g/mol. The van der Waals surface area contributed by atoms with E-state index in [4.69, 9.17) is 11.6 Å². The second-order valence-corrected chi connectivity index (χ2v) is 7.69. The molecule has 4 aromatic rings. The van der Waals surface area contributed by atoms with Gasteiger partial charge < -0.3 is 5.32 Å². The molecule has 0 radical (unpaired) electrons. The molecule has 0 fully saturated rings. The van der Waals surface area contributed by atoms with Crippen molar-refractivity contribution in [3.05, 3.63) is 88.6 Å². The number of amides is 1. The number of pyridine rings is 1. The number of hydrogen-bond acceptors (Lipinski definition) is 3. The van der Waals surface area contributed by atoms with Gasteiger partial charge >= 0.3 is 6.18 Å². The molecule has 0 spiro atoms. The van der Waals surface area contributed by atoms with E-state index in [1.165, 1.54) is 16.9 Å². The van der Waals surface area contributed by atoms with Crippen molar-refractivity contribution >= 4 is 17.5 Å². The average molecular weight is 455 g/mol. The summed E-state index contributed by atoms with van der Waals surface area (Å²) in [6.07, 6.45) is -2.97. The Bertz CT molecular complexity index is 1360. The molecule has 0 saturated heterocycles. The monoisotopic (exact) mass is 454 g/mol. The van der Waals surface area contributed by atoms with Gasteiger partial charge in [-0.25, -0.2) is 4.68 Å². The Labute approximate surface area is 185 Å². The smallest absolute Gasteiger partial charge is 0.348 e. The Morgan fingerprint density at radius 3 is 2.62 bits per heavy atom. The summed E-state index contributed by atoms with van der Waals surface area (Å²) in [7, 11) is 0. The van der Waals surface area contributed by atoms with E-state index in [9.17, 15) is 18.0 Å². The number of aromatic nitrogens is 3. The number of halogens is 4. The van der Waals surface area contributed by atoms with E-state index in [0.29, 0.717) is 45.3 Å². The minimum atomic E-state index is -4.49. The molecule has 0 saturated carbocycles. The van der Waals surface area contributed by atoms with Crippen molar-refractivity contribution in [3.8, 4) is 28.3 Å². The normalized spacial score (nSPS) is 13.2. The first-order valence-corrected chi connectivity index (χ1v) is 9.99. The number of carbonyl (C=O) groups excluding carboxylic acids is 1. The molecule has 1 N–H and O–H groups in total. The molecule has 3 heterocycles. The second-order valence-electron chi connectivity index (χ2n) is 7.25. The maximum atomic E-state index is 13.3. The summed E-state index contributed by atoms with van der Waals surface area (Å²) in [4.78, 5) is 16.4. The highest BCUT2D eigenvalue weighted by molar-refractivity contribution is 6.30. The maximum Gasteiger partial charge on any atom is 0.416 e. The Kier molecular flexibility index (Phi) is 4.74. The minimum absolute atomic E-state index is 0.198. The first-order valence-electron chi connectivity index (χ1n) is 9.61. The zero-order valence-corrected chi connectivity index (χ0v) is 17.1. The van der Waals surface area contributed by atoms with Gasteiger partial charge in [0, 0.05) is 34.5 Å². The molecule has 2 aromatic heterocycles. The molecule has 1 aliphatic rings. The molecule has 9 heteroatoms. The van der Waals surface area contributed by atoms with Crippen molar-refractivity contribution in [1.29, 1.82) is 0 Å². The lowest BCUT2D eigenvalue weighted by molar-refractivity contribution is -0.137. The molecule has 0 unspecified atom stereocenters. The highest BCUT2D eigenvalue weighted by Gasteiger charge is 2.31. The third kappa shape index (κ3) is 3.52. The van der Waals surface area contributed by atoms with Crippen molar-refractivity contribution in [3.63, 3.8) is 0 Å². The highest BCUT2D eigenvalue weighted by Crippen LogP contribution is 2.34. The Morgan fingerprint density at radius 1 is 1.03 bits per heavy atom. The first-order chi connectivity index (χ1) is 15.3. The quantitative estimate of drug-likeness (QED) is 0.443. The van der Waals surface area contributed by atoms with E-state index in [1.807, 2.05) is 0 Å². The Hall–Kier alpha value is -3.65. The molecule has 1 amide bonds. The summed E-state index contributed by atoms with van der Waals surface area (Å²) in [5, 5.41) is 7.82. The van der Waals surface area contributed by atoms with Crippen molar-refractivity contribution in [2.45, 2.75) is 12.7 Å². The lowest BCUT2D eigenvalue weighted by Crippen LogP contribution is -2.12. The SMILES string of the molecule is O=C1NCc2c1ccnc2-c1cc(-c2cccc(Cl)c2)n(-c2cccc(C(F)(F)F)c2)n1. The van der Waals surface area contributed by atoms with Gasteiger partial charge in [0.05, 0.1) is 22.6 Å². The number of alkyl halides is 3. The summed E-state index contributed by atoms with van der Waals surface area (Å²) in [6, 6.07) is 15.3. The molecule has 1 aliphatic heterocycles. The fraction of sp³-hybridized carbons (Fsp3) is 0.0870. The molecule has 5 rings (SSSR count). The average Bonchev–Trinajstić information content (AvgIpc) is 3.38. The van der Waals surface area contributed by atoms with Gasteiger partial charge in [-0.15, -0.1) is 0 Å². The number of carbonyl (C=O) groups is 1. The summed E-state index contributed by atoms with van der Waals surface area (Å²) >= 11 is 6.16. The fourth-order valence-corrected chi connectivity index (χ4v) is 3.92. The van der Waals surface area contributed by atoms with Gasteiger partial charge in [-0.1, -0.05) is 29.8 Å². The topological polar surface area (TPSA) is 59.8 Å². The maximum absolute atomic E-state index is 13.3. The molecule has 0 bridgehead atoms. The number of rotatable bonds is 3. The predicted octanol–water partition coefficient (Wildman–Crippen LogP) is 5.52. The van der Waals surface area contributed by atoms with Crippen molar-refractivity contribution in [2.75, 3.05) is 0 Å². The van der Waals surface area contributed by atoms with Crippen molar-refractivity contribution in [1.82, 2.24) is 20.1 Å². The third-order valence-corrected chi connectivity index (χ3v) is 5.45. The van der Waals surface area contributed by atoms with Crippen LogP contribution in [0.3, 0.4) is 0 Å². The van der Waals surface area contributed by atoms with Gasteiger partial charge in [0.2, 0.25) is 0 Å². The van der Waals surface area contributed by atoms with Gasteiger partial charge in [0.25, 0.3) is 5.91 Å². The summed E-state index contributed by atoms with van der Waals surface area (Å²) in [5.41, 5.74) is 2.81. The van der Waals surface area contributed by atoms with Crippen LogP contribution >= 0.6 is 11.6 Å². The lowest BCUT2D eigenvalue weighted by Gasteiger charge is -2.11. The predicted molar refractivity (Wildman–Crippen MR) is 113 cm³/mol. The van der Waals surface area contributed by atoms with Gasteiger partial charge in [0.15, 0.2) is 0 Å². The van der Waals surface area contributed by atoms with Crippen LogP contribution in [0.1, 0.15) is 21.5 Å². The van der Waals surface area contributed by atoms with Crippen LogP contribution in [-0.2, 0) is 12.7 Å². The van der Waals surface area contributed by atoms with E-state index in [2.05, 4.69) is 15.4 Å². The number of nitrogens with one attached hydrogen (secondary N) is 1. The number of nitrogens with zero attached hydrogens (tertiary/aromatic N) is 3. The van der Waals surface area contributed by atoms with E-state index in [-0.39, 0.29) is 11.6 Å². The van der Waals surface area contributed by atoms with E-state index in [1.54, 1.807) is 42.5 Å². The van der Waals surface area contributed by atoms with Crippen LogP contribution in [0, 0.1) is 0 Å². The largest absolute Gasteiger partial charge is 0.416 e. The van der Waals surface area contributed by atoms with Crippen LogP contribution in [0.2, 0.25) is 5.02 Å². The Balaban J connectivity index is 1.73. The van der Waals surface area contributed by atoms with E-state index in [0.717, 1.165) is 12.1 Å². The van der Waals surface area contributed by atoms with Crippen LogP contribution in [0.4, 0.5) is 13.2 Å². The van der Waals surface area contributed by atoms with Crippen molar-refractivity contribution in [2.24, 2.45) is 0 Å². The molecular formula is C23H14ClF3N4O. The van der Waals surface area contributed by atoms with Crippen LogP contribution in [0.5, 0.6) is 0 Å². The molecule has 32 heavy (non-hydrogen) atoms. The van der Waals surface area contributed by atoms with E-state index < -0.39 is 11.7 Å². The molecule has 2 aromatic carbocycles. The number of fused-ring (bicyclic) bond motifs is 1. The summed E-state index contributed by atoms with van der Waals surface area (Å²) in [6.45, 7) is 0.306. The van der Waals surface area contributed by atoms with Gasteiger partial charge in [-0.3, -0.25) is 9.78 Å². The zero-order valence-electron chi connectivity index (χ0n) is 16.3. The zero-order chi connectivity index (χ0) is 22.5. The van der Waals surface area contributed by atoms with Gasteiger partial charge in [0.1, 0.15) is 5.69 Å². The molecule has 5 nitrogen and oxygen atoms in total. The van der Waals surface area contributed by atoms with Gasteiger partial charge in [-0.2, -0.15) is 18.3 Å². The van der Waals surface area contributed by atoms with Crippen LogP contribution in [0.15, 0.2) is 66.9 Å². The van der Waals surface area contributed by atoms with Crippen LogP contribution in [0.25, 0.3) is 28.3 Å². The Morgan fingerprint density at radius 2 is 1.84 bits per heavy atom. The molecule has 0 aliphatic carbocycles. The van der Waals surface area contributed by atoms with Crippen molar-refractivity contribution < 1.29 is 18.0 Å². The van der Waals surface area contributed by atoms with Crippen LogP contribution < -0.4 is 5.32 Å². The summed E-state index contributed by atoms with van der Waals surface area (Å²) in [5.74, 6) is -0.198. The van der Waals surface area contributed by atoms with Gasteiger partial charge in [-0.05, 0) is 42.5 Å². The molecule has 160 valence electrons.